The highest BCUT2D eigenvalue weighted by atomic mass is 79.9. The van der Waals surface area contributed by atoms with Gasteiger partial charge in [-0.15, -0.1) is 11.3 Å². The molecule has 10 heteroatoms. The van der Waals surface area contributed by atoms with Gasteiger partial charge in [-0.05, 0) is 44.3 Å². The molecule has 19 heavy (non-hydrogen) atoms. The van der Waals surface area contributed by atoms with E-state index in [1.165, 1.54) is 17.4 Å². The second kappa shape index (κ2) is 5.60. The fraction of sp³-hybridized carbons (Fsp3) is 0.333. The minimum atomic E-state index is -3.81. The Morgan fingerprint density at radius 1 is 1.37 bits per heavy atom. The summed E-state index contributed by atoms with van der Waals surface area (Å²) < 4.78 is 27.7. The Morgan fingerprint density at radius 3 is 2.58 bits per heavy atom. The predicted octanol–water partition coefficient (Wildman–Crippen LogP) is 1.36. The van der Waals surface area contributed by atoms with Crippen molar-refractivity contribution in [3.05, 3.63) is 13.6 Å². The highest BCUT2D eigenvalue weighted by Gasteiger charge is 2.32. The van der Waals surface area contributed by atoms with Crippen LogP contribution in [0.4, 0.5) is 0 Å². The van der Waals surface area contributed by atoms with Crippen LogP contribution in [0.5, 0.6) is 0 Å². The molecule has 1 aromatic rings. The van der Waals surface area contributed by atoms with Gasteiger partial charge in [0.1, 0.15) is 10.9 Å². The van der Waals surface area contributed by atoms with Crippen LogP contribution in [-0.2, 0) is 19.6 Å². The summed E-state index contributed by atoms with van der Waals surface area (Å²) in [5.41, 5.74) is 0. The molecular formula is C9H8Br2N2O4S2. The number of piperidine rings is 1. The van der Waals surface area contributed by atoms with E-state index in [1.54, 1.807) is 0 Å². The van der Waals surface area contributed by atoms with E-state index >= 15 is 0 Å². The summed E-state index contributed by atoms with van der Waals surface area (Å²) in [4.78, 5) is 22.6. The quantitative estimate of drug-likeness (QED) is 0.706. The number of hydrogen-bond acceptors (Lipinski definition) is 5. The molecule has 1 saturated heterocycles. The maximum Gasteiger partial charge on any atom is 0.244 e. The van der Waals surface area contributed by atoms with Crippen LogP contribution in [0.1, 0.15) is 12.8 Å². The number of halogens is 2. The summed E-state index contributed by atoms with van der Waals surface area (Å²) in [6.45, 7) is 0. The maximum atomic E-state index is 12.1. The van der Waals surface area contributed by atoms with E-state index in [1.807, 2.05) is 0 Å². The second-order valence-corrected chi connectivity index (χ2v) is 9.25. The van der Waals surface area contributed by atoms with E-state index in [0.29, 0.717) is 7.57 Å². The Morgan fingerprint density at radius 2 is 2.05 bits per heavy atom. The molecule has 0 aromatic carbocycles. The molecule has 0 bridgehead atoms. The zero-order chi connectivity index (χ0) is 14.2. The van der Waals surface area contributed by atoms with Crippen LogP contribution >= 0.6 is 43.2 Å². The zero-order valence-electron chi connectivity index (χ0n) is 9.27. The summed E-state index contributed by atoms with van der Waals surface area (Å²) in [6, 6.07) is 0.524. The first-order chi connectivity index (χ1) is 8.79. The molecule has 2 rings (SSSR count). The van der Waals surface area contributed by atoms with E-state index in [9.17, 15) is 18.0 Å². The van der Waals surface area contributed by atoms with Gasteiger partial charge in [-0.25, -0.2) is 8.42 Å². The Kier molecular flexibility index (Phi) is 4.45. The molecule has 1 aromatic heterocycles. The zero-order valence-corrected chi connectivity index (χ0v) is 14.1. The number of imide groups is 1. The van der Waals surface area contributed by atoms with Crippen molar-refractivity contribution in [3.8, 4) is 0 Å². The monoisotopic (exact) mass is 430 g/mol. The molecule has 2 heterocycles. The molecule has 2 N–H and O–H groups in total. The summed E-state index contributed by atoms with van der Waals surface area (Å²) in [7, 11) is -3.81. The van der Waals surface area contributed by atoms with Gasteiger partial charge in [0.05, 0.1) is 7.57 Å². The van der Waals surface area contributed by atoms with Gasteiger partial charge in [0, 0.05) is 6.42 Å². The van der Waals surface area contributed by atoms with Crippen molar-refractivity contribution in [3.63, 3.8) is 0 Å². The van der Waals surface area contributed by atoms with Crippen LogP contribution < -0.4 is 10.0 Å². The van der Waals surface area contributed by atoms with Crippen LogP contribution in [0.15, 0.2) is 18.5 Å². The highest BCUT2D eigenvalue weighted by Crippen LogP contribution is 2.34. The van der Waals surface area contributed by atoms with Crippen molar-refractivity contribution in [2.75, 3.05) is 0 Å². The molecule has 0 spiro atoms. The lowest BCUT2D eigenvalue weighted by Gasteiger charge is -2.21. The van der Waals surface area contributed by atoms with Gasteiger partial charge < -0.3 is 0 Å². The fourth-order valence-electron chi connectivity index (χ4n) is 1.57. The number of nitrogens with one attached hydrogen (secondary N) is 2. The largest absolute Gasteiger partial charge is 0.295 e. The van der Waals surface area contributed by atoms with E-state index in [2.05, 4.69) is 41.9 Å². The molecule has 6 nitrogen and oxygen atoms in total. The number of carbonyl (C=O) groups is 2. The summed E-state index contributed by atoms with van der Waals surface area (Å²) in [6.07, 6.45) is 0.278. The third kappa shape index (κ3) is 3.43. The Labute approximate surface area is 130 Å². The molecule has 1 fully saturated rings. The molecule has 104 valence electrons. The first kappa shape index (κ1) is 15.1. The minimum absolute atomic E-state index is 0.0640. The molecule has 0 saturated carbocycles. The van der Waals surface area contributed by atoms with Crippen LogP contribution in [0.3, 0.4) is 0 Å². The molecule has 1 atom stereocenters. The minimum Gasteiger partial charge on any atom is -0.295 e. The van der Waals surface area contributed by atoms with Crippen LogP contribution in [0, 0.1) is 0 Å². The van der Waals surface area contributed by atoms with Crippen LogP contribution in [0.2, 0.25) is 0 Å². The summed E-state index contributed by atoms with van der Waals surface area (Å²) in [5.74, 6) is -1.01. The Hall–Kier alpha value is -0.290. The maximum absolute atomic E-state index is 12.1. The number of sulfonamides is 1. The summed E-state index contributed by atoms with van der Waals surface area (Å²) >= 11 is 7.57. The smallest absolute Gasteiger partial charge is 0.244 e. The lowest BCUT2D eigenvalue weighted by atomic mass is 10.1. The fourth-order valence-corrected chi connectivity index (χ4v) is 6.61. The highest BCUT2D eigenvalue weighted by molar-refractivity contribution is 9.12. The number of thiophene rings is 1. The first-order valence-corrected chi connectivity index (χ1v) is 8.99. The number of amides is 2. The number of carbonyl (C=O) groups excluding carboxylic acids is 2. The van der Waals surface area contributed by atoms with Gasteiger partial charge in [0.15, 0.2) is 0 Å². The molecule has 0 radical (unpaired) electrons. The Bertz CT molecular complexity index is 641. The van der Waals surface area contributed by atoms with Crippen molar-refractivity contribution in [1.29, 1.82) is 0 Å². The van der Waals surface area contributed by atoms with E-state index in [-0.39, 0.29) is 23.6 Å². The van der Waals surface area contributed by atoms with E-state index in [0.717, 1.165) is 0 Å². The van der Waals surface area contributed by atoms with Crippen molar-refractivity contribution < 1.29 is 18.0 Å². The normalized spacial score (nSPS) is 20.4. The van der Waals surface area contributed by atoms with E-state index in [4.69, 9.17) is 0 Å². The van der Waals surface area contributed by atoms with Gasteiger partial charge in [0.25, 0.3) is 0 Å². The molecular weight excluding hydrogens is 424 g/mol. The van der Waals surface area contributed by atoms with Gasteiger partial charge in [-0.1, -0.05) is 0 Å². The van der Waals surface area contributed by atoms with E-state index < -0.39 is 22.0 Å². The number of rotatable bonds is 3. The van der Waals surface area contributed by atoms with Gasteiger partial charge >= 0.3 is 0 Å². The van der Waals surface area contributed by atoms with Gasteiger partial charge in [-0.3, -0.25) is 14.9 Å². The van der Waals surface area contributed by atoms with Gasteiger partial charge in [-0.2, -0.15) is 4.72 Å². The standard InChI is InChI=1S/C9H8Br2N2O4S2/c10-6-3-5(8(11)18-6)19(16,17)13-4-1-2-7(14)12-9(4)15/h3-4,13H,1-2H2,(H,12,14,15). The third-order valence-corrected chi connectivity index (χ3v) is 6.68. The number of hydrogen-bond donors (Lipinski definition) is 2. The lowest BCUT2D eigenvalue weighted by molar-refractivity contribution is -0.134. The predicted molar refractivity (Wildman–Crippen MR) is 76.2 cm³/mol. The molecule has 1 aliphatic rings. The first-order valence-electron chi connectivity index (χ1n) is 5.10. The lowest BCUT2D eigenvalue weighted by Crippen LogP contribution is -2.52. The van der Waals surface area contributed by atoms with Crippen molar-refractivity contribution >= 4 is 65.0 Å². The average molecular weight is 432 g/mol. The molecule has 0 aliphatic carbocycles. The third-order valence-electron chi connectivity index (χ3n) is 2.45. The second-order valence-electron chi connectivity index (χ2n) is 3.81. The Balaban J connectivity index is 2.20. The molecule has 1 aliphatic heterocycles. The van der Waals surface area contributed by atoms with Crippen molar-refractivity contribution in [1.82, 2.24) is 10.0 Å². The van der Waals surface area contributed by atoms with Crippen molar-refractivity contribution in [2.45, 2.75) is 23.8 Å². The van der Waals surface area contributed by atoms with Crippen molar-refractivity contribution in [2.24, 2.45) is 0 Å². The van der Waals surface area contributed by atoms with Crippen LogP contribution in [0.25, 0.3) is 0 Å². The SMILES string of the molecule is O=C1CCC(NS(=O)(=O)c2cc(Br)sc2Br)C(=O)N1. The average Bonchev–Trinajstić information content (AvgIpc) is 2.63. The van der Waals surface area contributed by atoms with Crippen LogP contribution in [-0.4, -0.2) is 26.3 Å². The van der Waals surface area contributed by atoms with Gasteiger partial charge in [0.2, 0.25) is 21.8 Å². The molecule has 1 unspecified atom stereocenters. The summed E-state index contributed by atoms with van der Waals surface area (Å²) in [5, 5.41) is 2.10. The topological polar surface area (TPSA) is 92.3 Å². The molecule has 2 amide bonds.